The summed E-state index contributed by atoms with van der Waals surface area (Å²) in [5, 5.41) is -0.298. The lowest BCUT2D eigenvalue weighted by Crippen LogP contribution is -2.28. The van der Waals surface area contributed by atoms with Crippen LogP contribution >= 0.6 is 11.6 Å². The number of carbonyl (C=O) groups excluding carboxylic acids is 1. The first kappa shape index (κ1) is 14.9. The van der Waals surface area contributed by atoms with Crippen molar-refractivity contribution in [2.75, 3.05) is 0 Å². The Balaban J connectivity index is 2.22. The van der Waals surface area contributed by atoms with Gasteiger partial charge in [-0.2, -0.15) is 0 Å². The fraction of sp³-hybridized carbons (Fsp3) is 0.167. The van der Waals surface area contributed by atoms with Gasteiger partial charge >= 0.3 is 0 Å². The molecule has 0 saturated heterocycles. The molecule has 1 aliphatic heterocycles. The molecule has 1 aromatic carbocycles. The van der Waals surface area contributed by atoms with Crippen molar-refractivity contribution in [1.82, 2.24) is 4.98 Å². The molecule has 6 heteroatoms. The summed E-state index contributed by atoms with van der Waals surface area (Å²) in [5.74, 6) is 0.442. The number of carbonyl (C=O) groups is 1. The summed E-state index contributed by atoms with van der Waals surface area (Å²) in [5.41, 5.74) is 0.119. The van der Waals surface area contributed by atoms with E-state index in [9.17, 15) is 9.59 Å². The summed E-state index contributed by atoms with van der Waals surface area (Å²) >= 11 is 5.79. The van der Waals surface area contributed by atoms with Crippen LogP contribution in [0.25, 0.3) is 28.1 Å². The van der Waals surface area contributed by atoms with Gasteiger partial charge in [0.2, 0.25) is 11.1 Å². The van der Waals surface area contributed by atoms with E-state index in [4.69, 9.17) is 20.8 Å². The fourth-order valence-electron chi connectivity index (χ4n) is 2.90. The second-order valence-corrected chi connectivity index (χ2v) is 6.48. The van der Waals surface area contributed by atoms with Crippen LogP contribution in [0.3, 0.4) is 0 Å². The Morgan fingerprint density at radius 1 is 1.33 bits per heavy atom. The molecule has 0 aliphatic carbocycles. The molecule has 0 bridgehead atoms. The van der Waals surface area contributed by atoms with Crippen LogP contribution in [0.4, 0.5) is 0 Å². The van der Waals surface area contributed by atoms with Crippen molar-refractivity contribution in [2.24, 2.45) is 0 Å². The highest BCUT2D eigenvalue weighted by Gasteiger charge is 2.28. The Hall–Kier alpha value is -2.66. The normalized spacial score (nSPS) is 15.3. The molecule has 0 saturated carbocycles. The van der Waals surface area contributed by atoms with E-state index in [1.807, 2.05) is 19.9 Å². The van der Waals surface area contributed by atoms with Gasteiger partial charge in [-0.05, 0) is 43.7 Å². The highest BCUT2D eigenvalue weighted by molar-refractivity contribution is 6.69. The number of benzene rings is 1. The van der Waals surface area contributed by atoms with Gasteiger partial charge in [-0.3, -0.25) is 9.59 Å². The molecule has 3 aromatic rings. The lowest BCUT2D eigenvalue weighted by Gasteiger charge is -2.28. The third-order valence-corrected chi connectivity index (χ3v) is 4.15. The lowest BCUT2D eigenvalue weighted by molar-refractivity contribution is 0.108. The number of aromatic nitrogens is 1. The number of halogens is 1. The van der Waals surface area contributed by atoms with E-state index in [-0.39, 0.29) is 27.7 Å². The summed E-state index contributed by atoms with van der Waals surface area (Å²) in [6, 6.07) is 4.84. The van der Waals surface area contributed by atoms with E-state index in [1.54, 1.807) is 24.3 Å². The molecule has 0 N–H and O–H groups in total. The summed E-state index contributed by atoms with van der Waals surface area (Å²) in [6.07, 6.45) is 5.10. The van der Waals surface area contributed by atoms with E-state index in [0.29, 0.717) is 16.7 Å². The standard InChI is InChI=1S/C18H12ClNO4/c1-18(2)6-5-9-11(24-18)8-12-14(13(9)16(19)22)15(21)10-4-3-7-20-17(10)23-12/h3-8H,1-2H3. The molecule has 0 radical (unpaired) electrons. The van der Waals surface area contributed by atoms with Gasteiger partial charge in [-0.1, -0.05) is 6.08 Å². The number of rotatable bonds is 1. The monoisotopic (exact) mass is 341 g/mol. The molecule has 3 heterocycles. The topological polar surface area (TPSA) is 69.4 Å². The van der Waals surface area contributed by atoms with E-state index in [0.717, 1.165) is 0 Å². The number of hydrogen-bond acceptors (Lipinski definition) is 5. The average Bonchev–Trinajstić information content (AvgIpc) is 2.52. The summed E-state index contributed by atoms with van der Waals surface area (Å²) < 4.78 is 11.6. The Bertz CT molecular complexity index is 1110. The Morgan fingerprint density at radius 3 is 2.88 bits per heavy atom. The second kappa shape index (κ2) is 4.92. The van der Waals surface area contributed by atoms with Gasteiger partial charge in [0.1, 0.15) is 16.9 Å². The first-order valence-electron chi connectivity index (χ1n) is 7.34. The SMILES string of the molecule is CC1(C)C=Cc2c(cc3oc4ncccc4c(=O)c3c2C(=O)Cl)O1. The number of nitrogens with zero attached hydrogens (tertiary/aromatic N) is 1. The van der Waals surface area contributed by atoms with E-state index >= 15 is 0 Å². The molecule has 120 valence electrons. The van der Waals surface area contributed by atoms with Crippen molar-refractivity contribution in [3.8, 4) is 5.75 Å². The molecule has 4 rings (SSSR count). The summed E-state index contributed by atoms with van der Waals surface area (Å²) in [6.45, 7) is 3.77. The smallest absolute Gasteiger partial charge is 0.254 e. The Kier molecular flexibility index (Phi) is 3.05. The van der Waals surface area contributed by atoms with Crippen LogP contribution in [-0.4, -0.2) is 15.8 Å². The highest BCUT2D eigenvalue weighted by atomic mass is 35.5. The minimum Gasteiger partial charge on any atom is -0.483 e. The van der Waals surface area contributed by atoms with Crippen molar-refractivity contribution >= 4 is 45.0 Å². The van der Waals surface area contributed by atoms with E-state index < -0.39 is 10.8 Å². The highest BCUT2D eigenvalue weighted by Crippen LogP contribution is 2.38. The molecular weight excluding hydrogens is 330 g/mol. The third-order valence-electron chi connectivity index (χ3n) is 3.96. The second-order valence-electron chi connectivity index (χ2n) is 6.14. The maximum absolute atomic E-state index is 12.9. The fourth-order valence-corrected chi connectivity index (χ4v) is 3.09. The zero-order valence-corrected chi connectivity index (χ0v) is 13.7. The van der Waals surface area contributed by atoms with Crippen LogP contribution in [0, 0.1) is 0 Å². The van der Waals surface area contributed by atoms with Crippen LogP contribution in [0.1, 0.15) is 29.8 Å². The maximum atomic E-state index is 12.9. The number of pyridine rings is 1. The van der Waals surface area contributed by atoms with Gasteiger partial charge in [0.15, 0.2) is 0 Å². The van der Waals surface area contributed by atoms with Gasteiger partial charge in [-0.15, -0.1) is 0 Å². The molecule has 1 aliphatic rings. The van der Waals surface area contributed by atoms with Gasteiger partial charge in [0.25, 0.3) is 5.24 Å². The first-order valence-corrected chi connectivity index (χ1v) is 7.72. The van der Waals surface area contributed by atoms with Gasteiger partial charge < -0.3 is 9.15 Å². The molecule has 5 nitrogen and oxygen atoms in total. The van der Waals surface area contributed by atoms with Crippen LogP contribution in [0.15, 0.2) is 39.7 Å². The van der Waals surface area contributed by atoms with Gasteiger partial charge in [-0.25, -0.2) is 4.98 Å². The third kappa shape index (κ3) is 2.12. The molecular formula is C18H12ClNO4. The van der Waals surface area contributed by atoms with Crippen molar-refractivity contribution in [1.29, 1.82) is 0 Å². The Labute approximate surface area is 141 Å². The van der Waals surface area contributed by atoms with Gasteiger partial charge in [0, 0.05) is 17.8 Å². The minimum atomic E-state index is -0.736. The predicted molar refractivity (Wildman–Crippen MR) is 91.7 cm³/mol. The maximum Gasteiger partial charge on any atom is 0.254 e. The van der Waals surface area contributed by atoms with E-state index in [1.165, 1.54) is 6.20 Å². The average molecular weight is 342 g/mol. The summed E-state index contributed by atoms with van der Waals surface area (Å²) in [7, 11) is 0. The van der Waals surface area contributed by atoms with Crippen LogP contribution in [-0.2, 0) is 0 Å². The molecule has 0 unspecified atom stereocenters. The van der Waals surface area contributed by atoms with Crippen molar-refractivity contribution in [2.45, 2.75) is 19.4 Å². The number of ether oxygens (including phenoxy) is 1. The number of hydrogen-bond donors (Lipinski definition) is 0. The zero-order valence-electron chi connectivity index (χ0n) is 12.9. The lowest BCUT2D eigenvalue weighted by atomic mass is 9.96. The van der Waals surface area contributed by atoms with Crippen molar-refractivity contribution in [3.63, 3.8) is 0 Å². The Morgan fingerprint density at radius 2 is 2.12 bits per heavy atom. The van der Waals surface area contributed by atoms with Gasteiger partial charge in [0.05, 0.1) is 16.3 Å². The molecule has 0 spiro atoms. The molecule has 0 fully saturated rings. The molecule has 24 heavy (non-hydrogen) atoms. The van der Waals surface area contributed by atoms with E-state index in [2.05, 4.69) is 4.98 Å². The number of fused-ring (bicyclic) bond motifs is 3. The summed E-state index contributed by atoms with van der Waals surface area (Å²) in [4.78, 5) is 29.0. The molecule has 2 aromatic heterocycles. The van der Waals surface area contributed by atoms with Crippen LogP contribution < -0.4 is 10.2 Å². The quantitative estimate of drug-likeness (QED) is 0.496. The first-order chi connectivity index (χ1) is 11.4. The molecule has 0 amide bonds. The molecule has 0 atom stereocenters. The van der Waals surface area contributed by atoms with Crippen molar-refractivity contribution < 1.29 is 13.9 Å². The van der Waals surface area contributed by atoms with Crippen LogP contribution in [0.5, 0.6) is 5.75 Å². The largest absolute Gasteiger partial charge is 0.483 e. The predicted octanol–water partition coefficient (Wildman–Crippen LogP) is 3.90. The zero-order chi connectivity index (χ0) is 17.1. The van der Waals surface area contributed by atoms with Crippen LogP contribution in [0.2, 0.25) is 0 Å². The minimum absolute atomic E-state index is 0.0930. The van der Waals surface area contributed by atoms with Crippen molar-refractivity contribution in [3.05, 3.63) is 51.8 Å².